The van der Waals surface area contributed by atoms with E-state index < -0.39 is 17.7 Å². The maximum absolute atomic E-state index is 14.6. The molecular weight excluding hydrogens is 556 g/mol. The third-order valence-electron chi connectivity index (χ3n) is 8.16. The summed E-state index contributed by atoms with van der Waals surface area (Å²) in [5, 5.41) is 7.75. The molecule has 2 atom stereocenters. The van der Waals surface area contributed by atoms with Crippen LogP contribution in [0.4, 0.5) is 37.5 Å². The number of ether oxygens (including phenoxy) is 1. The maximum atomic E-state index is 14.6. The molecule has 1 aliphatic carbocycles. The summed E-state index contributed by atoms with van der Waals surface area (Å²) < 4.78 is 33.9. The normalized spacial score (nSPS) is 20.7. The molecule has 2 saturated heterocycles. The molecule has 3 aromatic rings. The highest BCUT2D eigenvalue weighted by Gasteiger charge is 2.36. The molecule has 2 aromatic carbocycles. The first kappa shape index (κ1) is 28.8. The number of carbonyl (C=O) groups is 1. The lowest BCUT2D eigenvalue weighted by Gasteiger charge is -2.42. The summed E-state index contributed by atoms with van der Waals surface area (Å²) in [5.41, 5.74) is 2.37. The number of hydrogen-bond acceptors (Lipinski definition) is 9. The Morgan fingerprint density at radius 1 is 1.12 bits per heavy atom. The molecule has 0 spiro atoms. The van der Waals surface area contributed by atoms with Crippen molar-refractivity contribution in [2.24, 2.45) is 0 Å². The fraction of sp³-hybridized carbons (Fsp3) is 0.387. The number of nitrogens with zero attached hydrogens (tertiary/aromatic N) is 5. The molecule has 6 rings (SSSR count). The number of hydrogen-bond donors (Lipinski definition) is 2. The molecule has 0 bridgehead atoms. The van der Waals surface area contributed by atoms with Gasteiger partial charge in [0.05, 0.1) is 36.8 Å². The molecule has 3 aliphatic rings. The van der Waals surface area contributed by atoms with E-state index in [2.05, 4.69) is 43.9 Å². The van der Waals surface area contributed by atoms with Crippen LogP contribution in [0.3, 0.4) is 0 Å². The first-order chi connectivity index (χ1) is 20.8. The zero-order valence-corrected chi connectivity index (χ0v) is 24.2. The second kappa shape index (κ2) is 12.1. The van der Waals surface area contributed by atoms with E-state index in [1.807, 2.05) is 12.1 Å². The number of hydroxylamine groups is 1. The molecule has 43 heavy (non-hydrogen) atoms. The number of carbonyl (C=O) groups excluding carboxylic acids is 1. The summed E-state index contributed by atoms with van der Waals surface area (Å²) in [4.78, 5) is 31.8. The van der Waals surface area contributed by atoms with Crippen molar-refractivity contribution in [3.63, 3.8) is 0 Å². The van der Waals surface area contributed by atoms with Gasteiger partial charge in [-0.05, 0) is 38.0 Å². The molecule has 3 fully saturated rings. The van der Waals surface area contributed by atoms with Gasteiger partial charge in [0.2, 0.25) is 5.91 Å². The van der Waals surface area contributed by atoms with E-state index in [9.17, 15) is 13.6 Å². The number of anilines is 5. The van der Waals surface area contributed by atoms with Crippen molar-refractivity contribution in [1.29, 1.82) is 0 Å². The van der Waals surface area contributed by atoms with E-state index in [0.717, 1.165) is 31.4 Å². The molecule has 2 aliphatic heterocycles. The molecule has 2 unspecified atom stereocenters. The molecule has 0 radical (unpaired) electrons. The van der Waals surface area contributed by atoms with Crippen LogP contribution < -0.4 is 25.3 Å². The van der Waals surface area contributed by atoms with E-state index in [0.29, 0.717) is 59.4 Å². The van der Waals surface area contributed by atoms with Gasteiger partial charge in [0.15, 0.2) is 5.82 Å². The minimum Gasteiger partial charge on any atom is -0.494 e. The monoisotopic (exact) mass is 591 g/mol. The Kier molecular flexibility index (Phi) is 8.13. The average molecular weight is 592 g/mol. The number of rotatable bonds is 9. The van der Waals surface area contributed by atoms with Crippen molar-refractivity contribution in [1.82, 2.24) is 14.9 Å². The van der Waals surface area contributed by atoms with Crippen LogP contribution >= 0.6 is 0 Å². The van der Waals surface area contributed by atoms with E-state index in [-0.39, 0.29) is 5.91 Å². The van der Waals surface area contributed by atoms with Gasteiger partial charge in [-0.15, -0.1) is 0 Å². The predicted octanol–water partition coefficient (Wildman–Crippen LogP) is 5.19. The first-order valence-corrected chi connectivity index (χ1v) is 14.5. The van der Waals surface area contributed by atoms with Gasteiger partial charge in [0.25, 0.3) is 0 Å². The third kappa shape index (κ3) is 6.11. The molecule has 3 heterocycles. The molecular formula is C31H35F2N7O3. The zero-order valence-electron chi connectivity index (χ0n) is 24.2. The van der Waals surface area contributed by atoms with Crippen molar-refractivity contribution in [2.45, 2.75) is 44.3 Å². The highest BCUT2D eigenvalue weighted by molar-refractivity contribution is 6.02. The Hall–Kier alpha value is -4.29. The van der Waals surface area contributed by atoms with Crippen LogP contribution in [0.25, 0.3) is 0 Å². The van der Waals surface area contributed by atoms with Crippen molar-refractivity contribution < 1.29 is 23.1 Å². The van der Waals surface area contributed by atoms with E-state index in [1.54, 1.807) is 13.2 Å². The minimum absolute atomic E-state index is 0.319. The second-order valence-electron chi connectivity index (χ2n) is 11.0. The lowest BCUT2D eigenvalue weighted by Crippen LogP contribution is -2.52. The van der Waals surface area contributed by atoms with Crippen molar-refractivity contribution in [2.75, 3.05) is 53.9 Å². The third-order valence-corrected chi connectivity index (χ3v) is 8.16. The Balaban J connectivity index is 1.28. The molecule has 1 amide bonds. The lowest BCUT2D eigenvalue weighted by atomic mass is 10.0. The minimum atomic E-state index is -0.643. The number of piperazine rings is 1. The van der Waals surface area contributed by atoms with Gasteiger partial charge in [-0.25, -0.2) is 23.8 Å². The van der Waals surface area contributed by atoms with Crippen molar-refractivity contribution in [3.05, 3.63) is 72.6 Å². The fourth-order valence-corrected chi connectivity index (χ4v) is 5.94. The SMILES string of the molecule is C=CC(=O)Nc1cc(Nc2cc(N3OCCC3c3ccc(F)cc3F)ncn2)c(OC)cc1N1CCN(C2CC2)C(C)C1. The highest BCUT2D eigenvalue weighted by atomic mass is 19.1. The van der Waals surface area contributed by atoms with E-state index in [1.165, 1.54) is 42.4 Å². The Morgan fingerprint density at radius 3 is 2.67 bits per heavy atom. The average Bonchev–Trinajstić information content (AvgIpc) is 3.73. The van der Waals surface area contributed by atoms with Gasteiger partial charge in [0.1, 0.15) is 29.5 Å². The van der Waals surface area contributed by atoms with Crippen LogP contribution in [-0.2, 0) is 9.63 Å². The molecule has 1 aromatic heterocycles. The fourth-order valence-electron chi connectivity index (χ4n) is 5.94. The number of aromatic nitrogens is 2. The summed E-state index contributed by atoms with van der Waals surface area (Å²) >= 11 is 0. The summed E-state index contributed by atoms with van der Waals surface area (Å²) in [5.74, 6) is -0.210. The van der Waals surface area contributed by atoms with Crippen molar-refractivity contribution >= 4 is 34.6 Å². The Bertz CT molecular complexity index is 1520. The van der Waals surface area contributed by atoms with Crippen LogP contribution in [0.15, 0.2) is 55.4 Å². The van der Waals surface area contributed by atoms with Gasteiger partial charge in [-0.3, -0.25) is 14.5 Å². The number of amides is 1. The molecule has 2 N–H and O–H groups in total. The predicted molar refractivity (Wildman–Crippen MR) is 161 cm³/mol. The first-order valence-electron chi connectivity index (χ1n) is 14.5. The maximum Gasteiger partial charge on any atom is 0.247 e. The summed E-state index contributed by atoms with van der Waals surface area (Å²) in [7, 11) is 1.59. The van der Waals surface area contributed by atoms with Crippen LogP contribution in [0, 0.1) is 11.6 Å². The number of halogens is 2. The smallest absolute Gasteiger partial charge is 0.247 e. The standard InChI is InChI=1S/C31H35F2N7O3/c1-4-31(41)37-24-14-25(28(42-3)15-27(24)38-10-11-39(19(2)17-38)21-6-7-21)36-29-16-30(35-18-34-29)40-26(9-12-43-40)22-8-5-20(32)13-23(22)33/h4-5,8,13-16,18-19,21,26H,1,6-7,9-12,17H2,2-3H3,(H,37,41)(H,34,35,36). The number of nitrogens with one attached hydrogen (secondary N) is 2. The lowest BCUT2D eigenvalue weighted by molar-refractivity contribution is -0.111. The quantitative estimate of drug-likeness (QED) is 0.326. The van der Waals surface area contributed by atoms with Gasteiger partial charge in [-0.2, -0.15) is 0 Å². The van der Waals surface area contributed by atoms with Crippen LogP contribution in [0.1, 0.15) is 37.8 Å². The van der Waals surface area contributed by atoms with Gasteiger partial charge >= 0.3 is 0 Å². The van der Waals surface area contributed by atoms with Gasteiger partial charge in [0, 0.05) is 61.9 Å². The van der Waals surface area contributed by atoms with E-state index >= 15 is 0 Å². The zero-order chi connectivity index (χ0) is 30.1. The number of benzene rings is 2. The molecule has 226 valence electrons. The van der Waals surface area contributed by atoms with Gasteiger partial charge in [-0.1, -0.05) is 12.6 Å². The Morgan fingerprint density at radius 2 is 1.95 bits per heavy atom. The second-order valence-corrected chi connectivity index (χ2v) is 11.0. The molecule has 1 saturated carbocycles. The van der Waals surface area contributed by atoms with Gasteiger partial charge < -0.3 is 20.3 Å². The van der Waals surface area contributed by atoms with E-state index in [4.69, 9.17) is 9.57 Å². The summed E-state index contributed by atoms with van der Waals surface area (Å²) in [6.45, 7) is 8.80. The number of methoxy groups -OCH3 is 1. The highest BCUT2D eigenvalue weighted by Crippen LogP contribution is 2.41. The summed E-state index contributed by atoms with van der Waals surface area (Å²) in [6.07, 6.45) is 5.64. The van der Waals surface area contributed by atoms with Crippen LogP contribution in [0.5, 0.6) is 5.75 Å². The topological polar surface area (TPSA) is 95.1 Å². The van der Waals surface area contributed by atoms with Crippen molar-refractivity contribution in [3.8, 4) is 5.75 Å². The molecule has 10 nitrogen and oxygen atoms in total. The largest absolute Gasteiger partial charge is 0.494 e. The van der Waals surface area contributed by atoms with Crippen LogP contribution in [0.2, 0.25) is 0 Å². The summed E-state index contributed by atoms with van der Waals surface area (Å²) in [6, 6.07) is 9.51. The molecule has 12 heteroatoms. The Labute approximate surface area is 249 Å². The van der Waals surface area contributed by atoms with Crippen LogP contribution in [-0.4, -0.2) is 66.2 Å².